The summed E-state index contributed by atoms with van der Waals surface area (Å²) in [6, 6.07) is 9.85. The summed E-state index contributed by atoms with van der Waals surface area (Å²) in [4.78, 5) is 14.4. The van der Waals surface area contributed by atoms with Crippen LogP contribution >= 0.6 is 39.9 Å². The molecule has 1 saturated heterocycles. The van der Waals surface area contributed by atoms with Crippen molar-refractivity contribution in [3.05, 3.63) is 57.8 Å². The van der Waals surface area contributed by atoms with Crippen molar-refractivity contribution in [1.82, 2.24) is 4.90 Å². The zero-order chi connectivity index (χ0) is 18.3. The van der Waals surface area contributed by atoms with Gasteiger partial charge in [-0.15, -0.1) is 0 Å². The van der Waals surface area contributed by atoms with Gasteiger partial charge in [0.05, 0.1) is 11.8 Å². The second-order valence-electron chi connectivity index (χ2n) is 5.92. The van der Waals surface area contributed by atoms with Gasteiger partial charge >= 0.3 is 0 Å². The predicted octanol–water partition coefficient (Wildman–Crippen LogP) is 4.29. The Hall–Kier alpha value is -1.64. The first-order valence-electron chi connectivity index (χ1n) is 7.86. The fourth-order valence-electron chi connectivity index (χ4n) is 2.86. The Morgan fingerprint density at radius 3 is 2.65 bits per heavy atom. The van der Waals surface area contributed by atoms with Gasteiger partial charge in [-0.25, -0.2) is 4.39 Å². The number of amides is 1. The zero-order valence-corrected chi connectivity index (χ0v) is 16.6. The molecule has 0 unspecified atom stereocenters. The number of carbonyl (C=O) groups excluding carboxylic acids is 1. The quantitative estimate of drug-likeness (QED) is 0.645. The molecule has 0 aromatic heterocycles. The zero-order valence-electron chi connectivity index (χ0n) is 13.4. The lowest BCUT2D eigenvalue weighted by atomic mass is 10.1. The van der Waals surface area contributed by atoms with Gasteiger partial charge in [-0.3, -0.25) is 9.69 Å². The van der Waals surface area contributed by atoms with Crippen molar-refractivity contribution >= 4 is 50.1 Å². The summed E-state index contributed by atoms with van der Waals surface area (Å²) < 4.78 is 25.2. The number of hydrogen-bond donors (Lipinski definition) is 0. The van der Waals surface area contributed by atoms with E-state index in [2.05, 4.69) is 15.9 Å². The van der Waals surface area contributed by atoms with Gasteiger partial charge in [0.2, 0.25) is 12.7 Å². The van der Waals surface area contributed by atoms with Crippen molar-refractivity contribution in [3.8, 4) is 11.5 Å². The number of rotatable bonds is 4. The van der Waals surface area contributed by atoms with Crippen LogP contribution in [-0.2, 0) is 17.8 Å². The highest BCUT2D eigenvalue weighted by atomic mass is 79.9. The van der Waals surface area contributed by atoms with Gasteiger partial charge in [0.25, 0.3) is 0 Å². The Balaban J connectivity index is 1.50. The molecule has 2 heterocycles. The minimum Gasteiger partial charge on any atom is -0.454 e. The summed E-state index contributed by atoms with van der Waals surface area (Å²) in [5.74, 6) is 1.04. The van der Waals surface area contributed by atoms with Crippen LogP contribution in [0.2, 0.25) is 0 Å². The number of thiocarbonyl (C=S) groups is 1. The second-order valence-corrected chi connectivity index (χ2v) is 8.62. The molecular formula is C18H13BrFNO3S2. The van der Waals surface area contributed by atoms with E-state index in [1.165, 1.54) is 23.9 Å². The molecule has 2 aromatic carbocycles. The molecular weight excluding hydrogens is 441 g/mol. The maximum atomic E-state index is 13.1. The average Bonchev–Trinajstić information content (AvgIpc) is 3.16. The molecule has 26 heavy (non-hydrogen) atoms. The normalized spacial score (nSPS) is 18.7. The summed E-state index contributed by atoms with van der Waals surface area (Å²) >= 11 is 10.3. The first kappa shape index (κ1) is 17.8. The summed E-state index contributed by atoms with van der Waals surface area (Å²) in [5.41, 5.74) is 1.80. The van der Waals surface area contributed by atoms with Gasteiger partial charge in [-0.2, -0.15) is 0 Å². The van der Waals surface area contributed by atoms with Gasteiger partial charge in [-0.1, -0.05) is 52.0 Å². The number of halogens is 2. The summed E-state index contributed by atoms with van der Waals surface area (Å²) in [5, 5.41) is -0.292. The molecule has 1 amide bonds. The van der Waals surface area contributed by atoms with Gasteiger partial charge in [0.15, 0.2) is 11.5 Å². The predicted molar refractivity (Wildman–Crippen MR) is 105 cm³/mol. The molecule has 1 fully saturated rings. The van der Waals surface area contributed by atoms with E-state index in [0.29, 0.717) is 28.8 Å². The van der Waals surface area contributed by atoms with Crippen LogP contribution in [0, 0.1) is 5.82 Å². The standard InChI is InChI=1S/C18H13BrFNO3S2/c19-13-7-15-14(23-9-24-15)5-11(13)6-16-17(22)21(18(25)26-16)8-10-1-3-12(20)4-2-10/h1-5,7,16H,6,8-9H2/t16-/m1/s1. The van der Waals surface area contributed by atoms with Crippen molar-refractivity contribution < 1.29 is 18.7 Å². The third kappa shape index (κ3) is 3.45. The van der Waals surface area contributed by atoms with Crippen molar-refractivity contribution in [2.75, 3.05) is 6.79 Å². The van der Waals surface area contributed by atoms with Gasteiger partial charge in [-0.05, 0) is 41.8 Å². The Labute approximate surface area is 167 Å². The third-order valence-corrected chi connectivity index (χ3v) is 6.53. The molecule has 2 aromatic rings. The molecule has 134 valence electrons. The van der Waals surface area contributed by atoms with E-state index in [1.807, 2.05) is 12.1 Å². The van der Waals surface area contributed by atoms with E-state index in [0.717, 1.165) is 15.6 Å². The molecule has 0 N–H and O–H groups in total. The smallest absolute Gasteiger partial charge is 0.242 e. The highest BCUT2D eigenvalue weighted by Crippen LogP contribution is 2.39. The Morgan fingerprint density at radius 1 is 1.23 bits per heavy atom. The molecule has 1 atom stereocenters. The van der Waals surface area contributed by atoms with Crippen LogP contribution in [0.25, 0.3) is 0 Å². The Bertz CT molecular complexity index is 891. The van der Waals surface area contributed by atoms with Crippen molar-refractivity contribution in [1.29, 1.82) is 0 Å². The van der Waals surface area contributed by atoms with Gasteiger partial charge < -0.3 is 9.47 Å². The average molecular weight is 454 g/mol. The molecule has 0 spiro atoms. The number of nitrogens with zero attached hydrogens (tertiary/aromatic N) is 1. The Kier molecular flexibility index (Phi) is 4.90. The van der Waals surface area contributed by atoms with E-state index in [9.17, 15) is 9.18 Å². The van der Waals surface area contributed by atoms with Crippen molar-refractivity contribution in [2.24, 2.45) is 0 Å². The minimum atomic E-state index is -0.302. The topological polar surface area (TPSA) is 38.8 Å². The van der Waals surface area contributed by atoms with Crippen molar-refractivity contribution in [2.45, 2.75) is 18.2 Å². The lowest BCUT2D eigenvalue weighted by Crippen LogP contribution is -2.31. The van der Waals surface area contributed by atoms with E-state index < -0.39 is 0 Å². The van der Waals surface area contributed by atoms with Crippen LogP contribution in [0.15, 0.2) is 40.9 Å². The molecule has 0 bridgehead atoms. The number of ether oxygens (including phenoxy) is 2. The lowest BCUT2D eigenvalue weighted by Gasteiger charge is -2.16. The third-order valence-electron chi connectivity index (χ3n) is 4.21. The van der Waals surface area contributed by atoms with Crippen LogP contribution in [-0.4, -0.2) is 27.2 Å². The van der Waals surface area contributed by atoms with Crippen LogP contribution < -0.4 is 9.47 Å². The van der Waals surface area contributed by atoms with Crippen molar-refractivity contribution in [3.63, 3.8) is 0 Å². The number of fused-ring (bicyclic) bond motifs is 1. The fraction of sp³-hybridized carbons (Fsp3) is 0.222. The number of benzene rings is 2. The second kappa shape index (κ2) is 7.17. The molecule has 0 aliphatic carbocycles. The fourth-order valence-corrected chi connectivity index (χ4v) is 4.86. The Morgan fingerprint density at radius 2 is 1.92 bits per heavy atom. The molecule has 0 radical (unpaired) electrons. The lowest BCUT2D eigenvalue weighted by molar-refractivity contribution is -0.126. The molecule has 8 heteroatoms. The van der Waals surface area contributed by atoms with Crippen LogP contribution in [0.5, 0.6) is 11.5 Å². The molecule has 2 aliphatic rings. The van der Waals surface area contributed by atoms with Crippen LogP contribution in [0.4, 0.5) is 4.39 Å². The van der Waals surface area contributed by atoms with E-state index in [1.54, 1.807) is 17.0 Å². The molecule has 2 aliphatic heterocycles. The maximum absolute atomic E-state index is 13.1. The van der Waals surface area contributed by atoms with Gasteiger partial charge in [0.1, 0.15) is 10.1 Å². The van der Waals surface area contributed by atoms with E-state index in [4.69, 9.17) is 21.7 Å². The minimum absolute atomic E-state index is 0.0334. The molecule has 4 rings (SSSR count). The van der Waals surface area contributed by atoms with Crippen LogP contribution in [0.1, 0.15) is 11.1 Å². The number of hydrogen-bond acceptors (Lipinski definition) is 5. The monoisotopic (exact) mass is 453 g/mol. The summed E-state index contributed by atoms with van der Waals surface area (Å²) in [6.07, 6.45) is 0.529. The summed E-state index contributed by atoms with van der Waals surface area (Å²) in [6.45, 7) is 0.557. The number of thioether (sulfide) groups is 1. The molecule has 4 nitrogen and oxygen atoms in total. The molecule has 0 saturated carbocycles. The first-order chi connectivity index (χ1) is 12.5. The number of carbonyl (C=O) groups is 1. The largest absolute Gasteiger partial charge is 0.454 e. The highest BCUT2D eigenvalue weighted by Gasteiger charge is 2.37. The van der Waals surface area contributed by atoms with Crippen LogP contribution in [0.3, 0.4) is 0 Å². The summed E-state index contributed by atoms with van der Waals surface area (Å²) in [7, 11) is 0. The van der Waals surface area contributed by atoms with E-state index in [-0.39, 0.29) is 23.8 Å². The highest BCUT2D eigenvalue weighted by molar-refractivity contribution is 9.10. The van der Waals surface area contributed by atoms with Gasteiger partial charge in [0, 0.05) is 4.47 Å². The maximum Gasteiger partial charge on any atom is 0.242 e. The first-order valence-corrected chi connectivity index (χ1v) is 9.94. The van der Waals surface area contributed by atoms with E-state index >= 15 is 0 Å². The SMILES string of the molecule is O=C1[C@@H](Cc2cc3c(cc2Br)OCO3)SC(=S)N1Cc1ccc(F)cc1.